The smallest absolute Gasteiger partial charge is 0.254 e. The predicted molar refractivity (Wildman–Crippen MR) is 54.0 cm³/mol. The molecule has 1 aromatic heterocycles. The van der Waals surface area contributed by atoms with Gasteiger partial charge in [0.05, 0.1) is 12.4 Å². The molecule has 0 spiro atoms. The van der Waals surface area contributed by atoms with Crippen molar-refractivity contribution in [3.8, 4) is 5.88 Å². The van der Waals surface area contributed by atoms with E-state index in [1.54, 1.807) is 0 Å². The first-order chi connectivity index (χ1) is 6.34. The van der Waals surface area contributed by atoms with E-state index < -0.39 is 0 Å². The van der Waals surface area contributed by atoms with Gasteiger partial charge in [0.2, 0.25) is 5.88 Å². The van der Waals surface area contributed by atoms with E-state index in [-0.39, 0.29) is 24.1 Å². The molecule has 6 heteroatoms. The van der Waals surface area contributed by atoms with E-state index in [1.807, 2.05) is 0 Å². The molecule has 1 aliphatic rings. The second kappa shape index (κ2) is 4.97. The van der Waals surface area contributed by atoms with E-state index in [1.165, 1.54) is 12.4 Å². The summed E-state index contributed by atoms with van der Waals surface area (Å²) in [6.45, 7) is 1.79. The number of H-pyrrole nitrogens is 1. The lowest BCUT2D eigenvalue weighted by atomic mass is 10.3. The van der Waals surface area contributed by atoms with E-state index in [0.29, 0.717) is 5.88 Å². The Balaban J connectivity index is 0.000000980. The van der Waals surface area contributed by atoms with Crippen LogP contribution in [0.2, 0.25) is 0 Å². The van der Waals surface area contributed by atoms with E-state index >= 15 is 0 Å². The summed E-state index contributed by atoms with van der Waals surface area (Å²) in [5.41, 5.74) is -0.184. The Hall–Kier alpha value is -1.07. The lowest BCUT2D eigenvalue weighted by Gasteiger charge is -2.09. The highest BCUT2D eigenvalue weighted by molar-refractivity contribution is 5.85. The molecule has 5 nitrogen and oxygen atoms in total. The molecule has 1 aliphatic heterocycles. The molecule has 0 saturated carbocycles. The standard InChI is InChI=1S/C8H11N3O2.ClH/c12-7-3-8(11-5-10-7)13-6-1-2-9-4-6;/h3,5-6,9H,1-2,4H2,(H,10,11,12);1H/t6-;/m1./s1. The maximum atomic E-state index is 10.9. The first-order valence-corrected chi connectivity index (χ1v) is 4.27. The third-order valence-corrected chi connectivity index (χ3v) is 1.96. The van der Waals surface area contributed by atoms with Gasteiger partial charge < -0.3 is 15.0 Å². The highest BCUT2D eigenvalue weighted by atomic mass is 35.5. The molecule has 1 fully saturated rings. The number of nitrogens with one attached hydrogen (secondary N) is 2. The highest BCUT2D eigenvalue weighted by Gasteiger charge is 2.16. The summed E-state index contributed by atoms with van der Waals surface area (Å²) in [6, 6.07) is 1.36. The number of hydrogen-bond acceptors (Lipinski definition) is 4. The van der Waals surface area contributed by atoms with Crippen LogP contribution < -0.4 is 15.6 Å². The molecule has 0 aliphatic carbocycles. The van der Waals surface area contributed by atoms with Crippen molar-refractivity contribution in [2.45, 2.75) is 12.5 Å². The van der Waals surface area contributed by atoms with E-state index in [2.05, 4.69) is 15.3 Å². The lowest BCUT2D eigenvalue weighted by Crippen LogP contribution is -2.21. The maximum Gasteiger partial charge on any atom is 0.254 e. The van der Waals surface area contributed by atoms with Gasteiger partial charge in [-0.2, -0.15) is 0 Å². The summed E-state index contributed by atoms with van der Waals surface area (Å²) in [5, 5.41) is 3.17. The molecule has 2 rings (SSSR count). The van der Waals surface area contributed by atoms with Crippen LogP contribution in [0.4, 0.5) is 0 Å². The van der Waals surface area contributed by atoms with Crippen molar-refractivity contribution >= 4 is 12.4 Å². The van der Waals surface area contributed by atoms with Crippen molar-refractivity contribution in [2.75, 3.05) is 13.1 Å². The summed E-state index contributed by atoms with van der Waals surface area (Å²) < 4.78 is 5.46. The average molecular weight is 218 g/mol. The van der Waals surface area contributed by atoms with Crippen molar-refractivity contribution in [2.24, 2.45) is 0 Å². The summed E-state index contributed by atoms with van der Waals surface area (Å²) in [5.74, 6) is 0.400. The van der Waals surface area contributed by atoms with Gasteiger partial charge in [0.15, 0.2) is 0 Å². The van der Waals surface area contributed by atoms with E-state index in [4.69, 9.17) is 4.74 Å². The highest BCUT2D eigenvalue weighted by Crippen LogP contribution is 2.08. The predicted octanol–water partition coefficient (Wildman–Crippen LogP) is -0.0676. The number of nitrogens with zero attached hydrogens (tertiary/aromatic N) is 1. The van der Waals surface area contributed by atoms with Crippen molar-refractivity contribution in [1.29, 1.82) is 0 Å². The number of rotatable bonds is 2. The Bertz CT molecular complexity index is 335. The fourth-order valence-electron chi connectivity index (χ4n) is 1.31. The van der Waals surface area contributed by atoms with Gasteiger partial charge in [0, 0.05) is 6.54 Å². The first kappa shape index (κ1) is 11.0. The van der Waals surface area contributed by atoms with Crippen LogP contribution in [0.5, 0.6) is 5.88 Å². The van der Waals surface area contributed by atoms with Crippen molar-refractivity contribution < 1.29 is 4.74 Å². The quantitative estimate of drug-likeness (QED) is 0.728. The van der Waals surface area contributed by atoms with Crippen LogP contribution in [0, 0.1) is 0 Å². The summed E-state index contributed by atoms with van der Waals surface area (Å²) in [4.78, 5) is 17.2. The molecular weight excluding hydrogens is 206 g/mol. The van der Waals surface area contributed by atoms with Gasteiger partial charge in [-0.1, -0.05) is 0 Å². The van der Waals surface area contributed by atoms with E-state index in [9.17, 15) is 4.79 Å². The summed E-state index contributed by atoms with van der Waals surface area (Å²) in [7, 11) is 0. The zero-order valence-electron chi connectivity index (χ0n) is 7.53. The minimum absolute atomic E-state index is 0. The molecule has 0 bridgehead atoms. The Labute approximate surface area is 87.3 Å². The van der Waals surface area contributed by atoms with Gasteiger partial charge in [0.1, 0.15) is 6.10 Å². The van der Waals surface area contributed by atoms with Crippen LogP contribution in [-0.2, 0) is 0 Å². The summed E-state index contributed by atoms with van der Waals surface area (Å²) >= 11 is 0. The zero-order valence-corrected chi connectivity index (χ0v) is 8.34. The topological polar surface area (TPSA) is 67.0 Å². The normalized spacial score (nSPS) is 20.1. The van der Waals surface area contributed by atoms with Crippen LogP contribution in [-0.4, -0.2) is 29.2 Å². The molecule has 0 unspecified atom stereocenters. The van der Waals surface area contributed by atoms with Gasteiger partial charge in [-0.3, -0.25) is 4.79 Å². The number of aromatic amines is 1. The third kappa shape index (κ3) is 2.71. The van der Waals surface area contributed by atoms with Crippen LogP contribution in [0.3, 0.4) is 0 Å². The Morgan fingerprint density at radius 3 is 3.07 bits per heavy atom. The van der Waals surface area contributed by atoms with Crippen LogP contribution >= 0.6 is 12.4 Å². The van der Waals surface area contributed by atoms with Gasteiger partial charge in [-0.15, -0.1) is 12.4 Å². The lowest BCUT2D eigenvalue weighted by molar-refractivity contribution is 0.213. The minimum atomic E-state index is -0.184. The molecule has 78 valence electrons. The monoisotopic (exact) mass is 217 g/mol. The van der Waals surface area contributed by atoms with Gasteiger partial charge in [-0.05, 0) is 13.0 Å². The summed E-state index contributed by atoms with van der Waals surface area (Å²) in [6.07, 6.45) is 2.46. The van der Waals surface area contributed by atoms with Crippen LogP contribution in [0.1, 0.15) is 6.42 Å². The second-order valence-corrected chi connectivity index (χ2v) is 2.98. The molecule has 1 saturated heterocycles. The molecule has 14 heavy (non-hydrogen) atoms. The largest absolute Gasteiger partial charge is 0.473 e. The van der Waals surface area contributed by atoms with Crippen LogP contribution in [0.15, 0.2) is 17.2 Å². The van der Waals surface area contributed by atoms with Gasteiger partial charge >= 0.3 is 0 Å². The zero-order chi connectivity index (χ0) is 9.10. The fourth-order valence-corrected chi connectivity index (χ4v) is 1.31. The Morgan fingerprint density at radius 2 is 2.43 bits per heavy atom. The van der Waals surface area contributed by atoms with Gasteiger partial charge in [0.25, 0.3) is 5.56 Å². The second-order valence-electron chi connectivity index (χ2n) is 2.98. The molecule has 0 amide bonds. The molecule has 2 N–H and O–H groups in total. The number of halogens is 1. The van der Waals surface area contributed by atoms with Crippen molar-refractivity contribution in [3.63, 3.8) is 0 Å². The molecule has 0 aromatic carbocycles. The SMILES string of the molecule is Cl.O=c1cc(O[C@@H]2CCNC2)nc[nH]1. The van der Waals surface area contributed by atoms with Gasteiger partial charge in [-0.25, -0.2) is 4.98 Å². The van der Waals surface area contributed by atoms with Crippen molar-refractivity contribution in [1.82, 2.24) is 15.3 Å². The number of ether oxygens (including phenoxy) is 1. The Morgan fingerprint density at radius 1 is 1.57 bits per heavy atom. The van der Waals surface area contributed by atoms with E-state index in [0.717, 1.165) is 19.5 Å². The maximum absolute atomic E-state index is 10.9. The molecule has 0 radical (unpaired) electrons. The first-order valence-electron chi connectivity index (χ1n) is 4.27. The fraction of sp³-hybridized carbons (Fsp3) is 0.500. The van der Waals surface area contributed by atoms with Crippen LogP contribution in [0.25, 0.3) is 0 Å². The average Bonchev–Trinajstić information content (AvgIpc) is 2.57. The molecule has 1 aromatic rings. The third-order valence-electron chi connectivity index (χ3n) is 1.96. The molecule has 2 heterocycles. The molecule has 1 atom stereocenters. The van der Waals surface area contributed by atoms with Crippen molar-refractivity contribution in [3.05, 3.63) is 22.7 Å². The Kier molecular flexibility index (Phi) is 3.91. The number of aromatic nitrogens is 2. The minimum Gasteiger partial charge on any atom is -0.473 e. The number of hydrogen-bond donors (Lipinski definition) is 2. The molecular formula is C8H12ClN3O2.